The van der Waals surface area contributed by atoms with Crippen LogP contribution in [-0.4, -0.2) is 41.0 Å². The summed E-state index contributed by atoms with van der Waals surface area (Å²) in [6.45, 7) is 6.24. The number of hydrogen-bond acceptors (Lipinski definition) is 4. The highest BCUT2D eigenvalue weighted by Gasteiger charge is 2.35. The Morgan fingerprint density at radius 2 is 2.25 bits per heavy atom. The number of likely N-dealkylation sites (tertiary alicyclic amines) is 1. The molecule has 1 aromatic rings. The minimum absolute atomic E-state index is 0.0741. The van der Waals surface area contributed by atoms with E-state index in [0.717, 1.165) is 54.0 Å². The SMILES string of the molecule is CCCc1nc(C)c(C(=O)NC2CCN(C3CC3)C2)s1. The van der Waals surface area contributed by atoms with Crippen molar-refractivity contribution in [2.24, 2.45) is 0 Å². The van der Waals surface area contributed by atoms with Crippen LogP contribution in [0.4, 0.5) is 0 Å². The molecule has 0 spiro atoms. The summed E-state index contributed by atoms with van der Waals surface area (Å²) in [6, 6.07) is 1.12. The van der Waals surface area contributed by atoms with Crippen molar-refractivity contribution in [1.29, 1.82) is 0 Å². The van der Waals surface area contributed by atoms with Gasteiger partial charge in [-0.15, -0.1) is 11.3 Å². The second-order valence-electron chi connectivity index (χ2n) is 5.96. The first-order chi connectivity index (χ1) is 9.67. The highest BCUT2D eigenvalue weighted by atomic mass is 32.1. The molecule has 1 aliphatic heterocycles. The minimum atomic E-state index is 0.0741. The van der Waals surface area contributed by atoms with Crippen molar-refractivity contribution in [3.8, 4) is 0 Å². The van der Waals surface area contributed by atoms with Crippen LogP contribution < -0.4 is 5.32 Å². The van der Waals surface area contributed by atoms with Crippen molar-refractivity contribution < 1.29 is 4.79 Å². The Kier molecular flexibility index (Phi) is 4.08. The normalized spacial score (nSPS) is 23.2. The predicted molar refractivity (Wildman–Crippen MR) is 81.3 cm³/mol. The summed E-state index contributed by atoms with van der Waals surface area (Å²) < 4.78 is 0. The van der Waals surface area contributed by atoms with Crippen LogP contribution in [0.5, 0.6) is 0 Å². The largest absolute Gasteiger partial charge is 0.347 e. The van der Waals surface area contributed by atoms with Gasteiger partial charge in [0.25, 0.3) is 5.91 Å². The van der Waals surface area contributed by atoms with E-state index in [1.807, 2.05) is 6.92 Å². The Morgan fingerprint density at radius 3 is 2.95 bits per heavy atom. The van der Waals surface area contributed by atoms with Gasteiger partial charge in [0.2, 0.25) is 0 Å². The fourth-order valence-corrected chi connectivity index (χ4v) is 3.98. The average Bonchev–Trinajstić information content (AvgIpc) is 3.05. The average molecular weight is 293 g/mol. The highest BCUT2D eigenvalue weighted by Crippen LogP contribution is 2.30. The molecule has 20 heavy (non-hydrogen) atoms. The van der Waals surface area contributed by atoms with Gasteiger partial charge in [-0.3, -0.25) is 9.69 Å². The third-order valence-corrected chi connectivity index (χ3v) is 5.35. The zero-order valence-electron chi connectivity index (χ0n) is 12.3. The van der Waals surface area contributed by atoms with Crippen LogP contribution in [0.1, 0.15) is 53.0 Å². The van der Waals surface area contributed by atoms with Gasteiger partial charge in [0.15, 0.2) is 0 Å². The van der Waals surface area contributed by atoms with E-state index in [2.05, 4.69) is 22.1 Å². The Bertz CT molecular complexity index is 495. The van der Waals surface area contributed by atoms with E-state index in [1.54, 1.807) is 11.3 Å². The van der Waals surface area contributed by atoms with Crippen molar-refractivity contribution in [2.75, 3.05) is 13.1 Å². The molecular weight excluding hydrogens is 270 g/mol. The number of carbonyl (C=O) groups is 1. The van der Waals surface area contributed by atoms with Gasteiger partial charge in [-0.2, -0.15) is 0 Å². The Labute approximate surface area is 124 Å². The van der Waals surface area contributed by atoms with Crippen LogP contribution in [0.25, 0.3) is 0 Å². The van der Waals surface area contributed by atoms with Gasteiger partial charge >= 0.3 is 0 Å². The molecule has 4 nitrogen and oxygen atoms in total. The van der Waals surface area contributed by atoms with Crippen LogP contribution in [-0.2, 0) is 6.42 Å². The van der Waals surface area contributed by atoms with Gasteiger partial charge in [0, 0.05) is 25.2 Å². The van der Waals surface area contributed by atoms with E-state index in [1.165, 1.54) is 12.8 Å². The molecule has 1 aliphatic carbocycles. The molecule has 1 saturated heterocycles. The fraction of sp³-hybridized carbons (Fsp3) is 0.733. The lowest BCUT2D eigenvalue weighted by Crippen LogP contribution is -2.37. The predicted octanol–water partition coefficient (Wildman–Crippen LogP) is 2.37. The zero-order valence-corrected chi connectivity index (χ0v) is 13.1. The second kappa shape index (κ2) is 5.82. The van der Waals surface area contributed by atoms with Crippen LogP contribution in [0.3, 0.4) is 0 Å². The molecule has 2 heterocycles. The first-order valence-corrected chi connectivity index (χ1v) is 8.50. The lowest BCUT2D eigenvalue weighted by atomic mass is 10.2. The van der Waals surface area contributed by atoms with Crippen LogP contribution >= 0.6 is 11.3 Å². The number of aromatic nitrogens is 1. The third kappa shape index (κ3) is 3.04. The van der Waals surface area contributed by atoms with E-state index in [9.17, 15) is 4.79 Å². The molecule has 3 rings (SSSR count). The summed E-state index contributed by atoms with van der Waals surface area (Å²) in [5.74, 6) is 0.0741. The first kappa shape index (κ1) is 14.0. The number of nitrogens with zero attached hydrogens (tertiary/aromatic N) is 2. The number of hydrogen-bond donors (Lipinski definition) is 1. The Morgan fingerprint density at radius 1 is 1.45 bits per heavy atom. The van der Waals surface area contributed by atoms with Gasteiger partial charge in [-0.05, 0) is 39.0 Å². The zero-order chi connectivity index (χ0) is 14.1. The lowest BCUT2D eigenvalue weighted by Gasteiger charge is -2.15. The second-order valence-corrected chi connectivity index (χ2v) is 7.04. The monoisotopic (exact) mass is 293 g/mol. The van der Waals surface area contributed by atoms with Gasteiger partial charge in [0.1, 0.15) is 4.88 Å². The van der Waals surface area contributed by atoms with Gasteiger partial charge in [0.05, 0.1) is 10.7 Å². The summed E-state index contributed by atoms with van der Waals surface area (Å²) in [7, 11) is 0. The van der Waals surface area contributed by atoms with Crippen molar-refractivity contribution in [2.45, 2.75) is 58.0 Å². The number of thiazole rings is 1. The van der Waals surface area contributed by atoms with Crippen molar-refractivity contribution in [3.63, 3.8) is 0 Å². The summed E-state index contributed by atoms with van der Waals surface area (Å²) in [6.07, 6.45) is 5.82. The first-order valence-electron chi connectivity index (χ1n) is 7.68. The summed E-state index contributed by atoms with van der Waals surface area (Å²) >= 11 is 1.56. The molecular formula is C15H23N3OS. The van der Waals surface area contributed by atoms with E-state index in [4.69, 9.17) is 0 Å². The van der Waals surface area contributed by atoms with Gasteiger partial charge in [-0.25, -0.2) is 4.98 Å². The maximum absolute atomic E-state index is 12.4. The molecule has 1 unspecified atom stereocenters. The maximum atomic E-state index is 12.4. The van der Waals surface area contributed by atoms with Crippen LogP contribution in [0, 0.1) is 6.92 Å². The molecule has 5 heteroatoms. The number of nitrogens with one attached hydrogen (secondary N) is 1. The van der Waals surface area contributed by atoms with Crippen LogP contribution in [0.15, 0.2) is 0 Å². The molecule has 2 fully saturated rings. The standard InChI is InChI=1S/C15H23N3OS/c1-3-4-13-16-10(2)14(20-13)15(19)17-11-7-8-18(9-11)12-5-6-12/h11-12H,3-9H2,1-2H3,(H,17,19). The molecule has 0 bridgehead atoms. The number of amides is 1. The van der Waals surface area contributed by atoms with Gasteiger partial charge < -0.3 is 5.32 Å². The van der Waals surface area contributed by atoms with Crippen LogP contribution in [0.2, 0.25) is 0 Å². The molecule has 1 atom stereocenters. The van der Waals surface area contributed by atoms with Crippen molar-refractivity contribution in [3.05, 3.63) is 15.6 Å². The summed E-state index contributed by atoms with van der Waals surface area (Å²) in [5, 5.41) is 4.28. The summed E-state index contributed by atoms with van der Waals surface area (Å²) in [4.78, 5) is 20.2. The Hall–Kier alpha value is -0.940. The van der Waals surface area contributed by atoms with E-state index < -0.39 is 0 Å². The van der Waals surface area contributed by atoms with Crippen molar-refractivity contribution in [1.82, 2.24) is 15.2 Å². The molecule has 0 radical (unpaired) electrons. The molecule has 2 aliphatic rings. The molecule has 1 N–H and O–H groups in total. The minimum Gasteiger partial charge on any atom is -0.347 e. The lowest BCUT2D eigenvalue weighted by molar-refractivity contribution is 0.0941. The van der Waals surface area contributed by atoms with E-state index >= 15 is 0 Å². The Balaban J connectivity index is 1.58. The molecule has 110 valence electrons. The maximum Gasteiger partial charge on any atom is 0.263 e. The molecule has 1 amide bonds. The molecule has 0 aromatic carbocycles. The fourth-order valence-electron chi connectivity index (χ4n) is 2.91. The molecule has 1 saturated carbocycles. The van der Waals surface area contributed by atoms with Crippen molar-refractivity contribution >= 4 is 17.2 Å². The quantitative estimate of drug-likeness (QED) is 0.906. The number of aryl methyl sites for hydroxylation is 2. The summed E-state index contributed by atoms with van der Waals surface area (Å²) in [5.41, 5.74) is 0.882. The van der Waals surface area contributed by atoms with E-state index in [-0.39, 0.29) is 5.91 Å². The highest BCUT2D eigenvalue weighted by molar-refractivity contribution is 7.13. The van der Waals surface area contributed by atoms with E-state index in [0.29, 0.717) is 6.04 Å². The van der Waals surface area contributed by atoms with Gasteiger partial charge in [-0.1, -0.05) is 6.92 Å². The number of rotatable bonds is 5. The third-order valence-electron chi connectivity index (χ3n) is 4.13. The topological polar surface area (TPSA) is 45.2 Å². The smallest absolute Gasteiger partial charge is 0.263 e. The number of carbonyl (C=O) groups excluding carboxylic acids is 1. The molecule has 1 aromatic heterocycles.